The summed E-state index contributed by atoms with van der Waals surface area (Å²) in [6, 6.07) is 7.79. The number of carbonyl (C=O) groups excluding carboxylic acids is 2. The lowest BCUT2D eigenvalue weighted by Crippen LogP contribution is -2.56. The molecule has 2 saturated heterocycles. The number of aromatic amines is 1. The van der Waals surface area contributed by atoms with Crippen LogP contribution < -0.4 is 4.74 Å². The Morgan fingerprint density at radius 2 is 1.83 bits per heavy atom. The molecule has 2 aliphatic rings. The molecule has 2 fully saturated rings. The molecule has 1 aromatic carbocycles. The number of aryl methyl sites for hydroxylation is 2. The molecule has 3 heterocycles. The fraction of sp³-hybridized carbons (Fsp3) is 0.593. The Morgan fingerprint density at radius 3 is 2.40 bits per heavy atom. The first kappa shape index (κ1) is 25.2. The number of imidazole rings is 1. The Bertz CT molecular complexity index is 1040. The molecule has 190 valence electrons. The summed E-state index contributed by atoms with van der Waals surface area (Å²) in [6.07, 6.45) is 2.89. The summed E-state index contributed by atoms with van der Waals surface area (Å²) in [5.74, 6) is 2.04. The van der Waals surface area contributed by atoms with Crippen LogP contribution in [0.2, 0.25) is 0 Å². The zero-order valence-electron chi connectivity index (χ0n) is 21.8. The van der Waals surface area contributed by atoms with Gasteiger partial charge in [-0.2, -0.15) is 0 Å². The second kappa shape index (κ2) is 10.4. The number of H-pyrrole nitrogens is 1. The van der Waals surface area contributed by atoms with Crippen molar-refractivity contribution < 1.29 is 14.3 Å². The van der Waals surface area contributed by atoms with Crippen molar-refractivity contribution >= 4 is 11.9 Å². The second-order valence-corrected chi connectivity index (χ2v) is 10.3. The van der Waals surface area contributed by atoms with Crippen molar-refractivity contribution in [2.24, 2.45) is 5.92 Å². The van der Waals surface area contributed by atoms with Crippen LogP contribution in [0.25, 0.3) is 0 Å². The van der Waals surface area contributed by atoms with Gasteiger partial charge < -0.3 is 14.6 Å². The fourth-order valence-corrected chi connectivity index (χ4v) is 5.31. The highest BCUT2D eigenvalue weighted by Gasteiger charge is 2.57. The third kappa shape index (κ3) is 5.08. The molecule has 8 nitrogen and oxygen atoms in total. The van der Waals surface area contributed by atoms with Crippen molar-refractivity contribution in [2.45, 2.75) is 65.5 Å². The van der Waals surface area contributed by atoms with Crippen LogP contribution in [0.1, 0.15) is 56.4 Å². The van der Waals surface area contributed by atoms with Gasteiger partial charge in [0.2, 0.25) is 0 Å². The molecule has 1 spiro atoms. The highest BCUT2D eigenvalue weighted by molar-refractivity contribution is 6.07. The van der Waals surface area contributed by atoms with Gasteiger partial charge in [0.1, 0.15) is 17.1 Å². The maximum absolute atomic E-state index is 13.7. The van der Waals surface area contributed by atoms with Gasteiger partial charge in [-0.05, 0) is 49.8 Å². The highest BCUT2D eigenvalue weighted by atomic mass is 16.5. The lowest BCUT2D eigenvalue weighted by Gasteiger charge is -2.42. The number of rotatable bonds is 9. The summed E-state index contributed by atoms with van der Waals surface area (Å²) in [4.78, 5) is 41.0. The number of likely N-dealkylation sites (tertiary alicyclic amines) is 1. The van der Waals surface area contributed by atoms with Gasteiger partial charge in [0.15, 0.2) is 0 Å². The summed E-state index contributed by atoms with van der Waals surface area (Å²) in [6.45, 7) is 11.6. The first-order valence-electron chi connectivity index (χ1n) is 12.8. The summed E-state index contributed by atoms with van der Waals surface area (Å²) < 4.78 is 5.26. The van der Waals surface area contributed by atoms with Gasteiger partial charge in [0.25, 0.3) is 5.91 Å². The zero-order chi connectivity index (χ0) is 25.2. The van der Waals surface area contributed by atoms with E-state index < -0.39 is 5.54 Å². The molecule has 4 rings (SSSR count). The Balaban J connectivity index is 1.49. The van der Waals surface area contributed by atoms with E-state index in [2.05, 4.69) is 23.7 Å². The van der Waals surface area contributed by atoms with Crippen LogP contribution in [0.3, 0.4) is 0 Å². The Morgan fingerprint density at radius 1 is 1.14 bits per heavy atom. The summed E-state index contributed by atoms with van der Waals surface area (Å²) >= 11 is 0. The molecule has 0 radical (unpaired) electrons. The van der Waals surface area contributed by atoms with Gasteiger partial charge in [-0.1, -0.05) is 32.9 Å². The maximum Gasteiger partial charge on any atom is 0.327 e. The molecule has 2 aliphatic heterocycles. The molecule has 0 unspecified atom stereocenters. The summed E-state index contributed by atoms with van der Waals surface area (Å²) in [7, 11) is 1.65. The van der Waals surface area contributed by atoms with Crippen LogP contribution in [0.4, 0.5) is 4.79 Å². The van der Waals surface area contributed by atoms with E-state index in [4.69, 9.17) is 9.72 Å². The largest absolute Gasteiger partial charge is 0.497 e. The minimum atomic E-state index is -0.746. The van der Waals surface area contributed by atoms with Crippen molar-refractivity contribution in [3.63, 3.8) is 0 Å². The average Bonchev–Trinajstić information content (AvgIpc) is 3.29. The molecular formula is C27H39N5O3. The molecule has 1 aromatic heterocycles. The third-order valence-corrected chi connectivity index (χ3v) is 7.38. The van der Waals surface area contributed by atoms with Gasteiger partial charge in [-0.15, -0.1) is 0 Å². The number of nitrogens with zero attached hydrogens (tertiary/aromatic N) is 4. The number of nitrogens with one attached hydrogen (secondary N) is 1. The van der Waals surface area contributed by atoms with Crippen molar-refractivity contribution in [1.82, 2.24) is 24.7 Å². The first-order chi connectivity index (χ1) is 16.8. The van der Waals surface area contributed by atoms with E-state index in [0.29, 0.717) is 32.4 Å². The minimum absolute atomic E-state index is 0.0187. The predicted molar refractivity (Wildman–Crippen MR) is 135 cm³/mol. The van der Waals surface area contributed by atoms with E-state index in [9.17, 15) is 9.59 Å². The van der Waals surface area contributed by atoms with Crippen molar-refractivity contribution in [3.05, 3.63) is 47.0 Å². The lowest BCUT2D eigenvalue weighted by atomic mass is 9.85. The molecular weight excluding hydrogens is 442 g/mol. The van der Waals surface area contributed by atoms with Crippen LogP contribution in [0.15, 0.2) is 24.3 Å². The van der Waals surface area contributed by atoms with E-state index in [1.165, 1.54) is 4.90 Å². The molecule has 1 N–H and O–H groups in total. The number of benzene rings is 1. The number of amides is 3. The van der Waals surface area contributed by atoms with Crippen LogP contribution in [-0.2, 0) is 24.2 Å². The maximum atomic E-state index is 13.7. The van der Waals surface area contributed by atoms with Crippen LogP contribution in [-0.4, -0.2) is 75.4 Å². The van der Waals surface area contributed by atoms with Gasteiger partial charge in [-0.3, -0.25) is 14.6 Å². The summed E-state index contributed by atoms with van der Waals surface area (Å²) in [5, 5.41) is 0. The molecule has 8 heteroatoms. The Hall–Kier alpha value is -2.87. The number of imide groups is 1. The minimum Gasteiger partial charge on any atom is -0.497 e. The number of hydrogen-bond acceptors (Lipinski definition) is 5. The van der Waals surface area contributed by atoms with E-state index in [1.54, 1.807) is 7.11 Å². The van der Waals surface area contributed by atoms with Crippen LogP contribution >= 0.6 is 0 Å². The van der Waals surface area contributed by atoms with Crippen molar-refractivity contribution in [2.75, 3.05) is 33.3 Å². The number of aromatic nitrogens is 2. The molecule has 0 bridgehead atoms. The standard InChI is InChI=1S/C27H39N5O3/c1-6-24-28-20(4)23(29-24)18-30-15-12-27(13-16-30)25(33)31(17-19(2)3)26(34)32(27)14-11-21-7-9-22(35-5)10-8-21/h7-10,19H,6,11-18H2,1-5H3,(H,28,29). The number of methoxy groups -OCH3 is 1. The number of ether oxygens (including phenoxy) is 1. The molecule has 0 saturated carbocycles. The Labute approximate surface area is 208 Å². The van der Waals surface area contributed by atoms with Crippen LogP contribution in [0.5, 0.6) is 5.75 Å². The van der Waals surface area contributed by atoms with E-state index in [1.807, 2.05) is 43.0 Å². The third-order valence-electron chi connectivity index (χ3n) is 7.38. The van der Waals surface area contributed by atoms with E-state index >= 15 is 0 Å². The number of hydrogen-bond donors (Lipinski definition) is 1. The number of piperidine rings is 1. The highest BCUT2D eigenvalue weighted by Crippen LogP contribution is 2.38. The quantitative estimate of drug-likeness (QED) is 0.551. The zero-order valence-corrected chi connectivity index (χ0v) is 21.8. The van der Waals surface area contributed by atoms with E-state index in [0.717, 1.165) is 54.6 Å². The van der Waals surface area contributed by atoms with E-state index in [-0.39, 0.29) is 17.9 Å². The molecule has 3 amide bonds. The Kier molecular flexibility index (Phi) is 7.50. The summed E-state index contributed by atoms with van der Waals surface area (Å²) in [5.41, 5.74) is 2.56. The second-order valence-electron chi connectivity index (χ2n) is 10.3. The number of urea groups is 1. The topological polar surface area (TPSA) is 81.8 Å². The molecule has 35 heavy (non-hydrogen) atoms. The first-order valence-corrected chi connectivity index (χ1v) is 12.8. The monoisotopic (exact) mass is 481 g/mol. The smallest absolute Gasteiger partial charge is 0.327 e. The van der Waals surface area contributed by atoms with Crippen molar-refractivity contribution in [1.29, 1.82) is 0 Å². The van der Waals surface area contributed by atoms with Crippen molar-refractivity contribution in [3.8, 4) is 5.75 Å². The molecule has 0 atom stereocenters. The molecule has 2 aromatic rings. The van der Waals surface area contributed by atoms with Gasteiger partial charge in [0, 0.05) is 44.8 Å². The lowest BCUT2D eigenvalue weighted by molar-refractivity contribution is -0.136. The van der Waals surface area contributed by atoms with Gasteiger partial charge in [0.05, 0.1) is 12.8 Å². The molecule has 0 aliphatic carbocycles. The number of carbonyl (C=O) groups is 2. The normalized spacial score (nSPS) is 18.3. The van der Waals surface area contributed by atoms with Crippen LogP contribution in [0, 0.1) is 12.8 Å². The fourth-order valence-electron chi connectivity index (χ4n) is 5.31. The predicted octanol–water partition coefficient (Wildman–Crippen LogP) is 3.79. The SMILES string of the molecule is CCc1nc(CN2CCC3(CC2)C(=O)N(CC(C)C)C(=O)N3CCc2ccc(OC)cc2)c(C)[nH]1. The van der Waals surface area contributed by atoms with Gasteiger partial charge >= 0.3 is 6.03 Å². The van der Waals surface area contributed by atoms with Gasteiger partial charge in [-0.25, -0.2) is 9.78 Å². The average molecular weight is 482 g/mol.